The minimum absolute atomic E-state index is 0.508. The lowest BCUT2D eigenvalue weighted by Gasteiger charge is -2.08. The summed E-state index contributed by atoms with van der Waals surface area (Å²) >= 11 is 0. The molecule has 0 atom stereocenters. The first-order valence-corrected chi connectivity index (χ1v) is 3.94. The van der Waals surface area contributed by atoms with Crippen LogP contribution in [0.2, 0.25) is 0 Å². The van der Waals surface area contributed by atoms with Crippen LogP contribution >= 0.6 is 0 Å². The summed E-state index contributed by atoms with van der Waals surface area (Å²) in [5, 5.41) is 12.8. The van der Waals surface area contributed by atoms with Crippen LogP contribution in [-0.2, 0) is 11.3 Å². The average molecular weight is 166 g/mol. The van der Waals surface area contributed by atoms with Crippen molar-refractivity contribution in [2.45, 2.75) is 19.4 Å². The zero-order chi connectivity index (χ0) is 8.60. The number of carbonyl (C=O) groups is 1. The van der Waals surface area contributed by atoms with Crippen LogP contribution in [0.4, 0.5) is 0 Å². The molecule has 0 aliphatic heterocycles. The molecule has 1 aliphatic rings. The van der Waals surface area contributed by atoms with E-state index in [0.29, 0.717) is 6.54 Å². The van der Waals surface area contributed by atoms with Gasteiger partial charge in [0, 0.05) is 12.4 Å². The SMILES string of the molecule is O=C(O)C1(Cn2cccn2)CC1. The van der Waals surface area contributed by atoms with E-state index in [1.165, 1.54) is 0 Å². The molecule has 2 rings (SSSR count). The number of hydrogen-bond acceptors (Lipinski definition) is 2. The van der Waals surface area contributed by atoms with E-state index in [1.807, 2.05) is 0 Å². The third-order valence-corrected chi connectivity index (χ3v) is 2.33. The van der Waals surface area contributed by atoms with E-state index in [4.69, 9.17) is 5.11 Å². The predicted molar refractivity (Wildman–Crippen MR) is 41.5 cm³/mol. The Balaban J connectivity index is 2.09. The maximum absolute atomic E-state index is 10.8. The normalized spacial score (nSPS) is 19.0. The van der Waals surface area contributed by atoms with Crippen LogP contribution in [0, 0.1) is 5.41 Å². The van der Waals surface area contributed by atoms with Gasteiger partial charge in [0.25, 0.3) is 0 Å². The molecular weight excluding hydrogens is 156 g/mol. The molecule has 1 aliphatic carbocycles. The lowest BCUT2D eigenvalue weighted by Crippen LogP contribution is -2.21. The highest BCUT2D eigenvalue weighted by atomic mass is 16.4. The van der Waals surface area contributed by atoms with Crippen LogP contribution in [0.15, 0.2) is 18.5 Å². The van der Waals surface area contributed by atoms with Gasteiger partial charge in [-0.3, -0.25) is 9.48 Å². The van der Waals surface area contributed by atoms with Crippen molar-refractivity contribution >= 4 is 5.97 Å². The molecule has 1 saturated carbocycles. The zero-order valence-electron chi connectivity index (χ0n) is 6.60. The molecule has 0 saturated heterocycles. The molecule has 0 unspecified atom stereocenters. The van der Waals surface area contributed by atoms with Gasteiger partial charge >= 0.3 is 5.97 Å². The number of carboxylic acids is 1. The molecule has 1 heterocycles. The lowest BCUT2D eigenvalue weighted by atomic mass is 10.1. The summed E-state index contributed by atoms with van der Waals surface area (Å²) in [5.74, 6) is -0.696. The maximum atomic E-state index is 10.8. The van der Waals surface area contributed by atoms with Crippen LogP contribution in [0.3, 0.4) is 0 Å². The van der Waals surface area contributed by atoms with Gasteiger partial charge in [-0.05, 0) is 18.9 Å². The molecule has 12 heavy (non-hydrogen) atoms. The molecule has 4 nitrogen and oxygen atoms in total. The highest BCUT2D eigenvalue weighted by Crippen LogP contribution is 2.47. The molecule has 0 bridgehead atoms. The number of aromatic nitrogens is 2. The van der Waals surface area contributed by atoms with E-state index in [0.717, 1.165) is 12.8 Å². The minimum atomic E-state index is -0.696. The Hall–Kier alpha value is -1.32. The van der Waals surface area contributed by atoms with Gasteiger partial charge in [-0.15, -0.1) is 0 Å². The van der Waals surface area contributed by atoms with Crippen molar-refractivity contribution in [1.82, 2.24) is 9.78 Å². The molecule has 1 aromatic rings. The fourth-order valence-electron chi connectivity index (χ4n) is 1.29. The first kappa shape index (κ1) is 7.34. The van der Waals surface area contributed by atoms with Gasteiger partial charge in [-0.25, -0.2) is 0 Å². The predicted octanol–water partition coefficient (Wildman–Crippen LogP) is 0.748. The molecule has 1 N–H and O–H groups in total. The Kier molecular flexibility index (Phi) is 1.43. The van der Waals surface area contributed by atoms with Gasteiger partial charge in [0.05, 0.1) is 12.0 Å². The van der Waals surface area contributed by atoms with Gasteiger partial charge in [0.15, 0.2) is 0 Å². The number of hydrogen-bond donors (Lipinski definition) is 1. The Labute approximate surface area is 69.8 Å². The van der Waals surface area contributed by atoms with Gasteiger partial charge in [-0.1, -0.05) is 0 Å². The monoisotopic (exact) mass is 166 g/mol. The van der Waals surface area contributed by atoms with Gasteiger partial charge in [0.2, 0.25) is 0 Å². The molecule has 0 spiro atoms. The van der Waals surface area contributed by atoms with E-state index < -0.39 is 11.4 Å². The second-order valence-corrected chi connectivity index (χ2v) is 3.29. The lowest BCUT2D eigenvalue weighted by molar-refractivity contribution is -0.144. The van der Waals surface area contributed by atoms with Crippen molar-refractivity contribution in [3.05, 3.63) is 18.5 Å². The Morgan fingerprint density at radius 3 is 2.83 bits per heavy atom. The summed E-state index contributed by atoms with van der Waals surface area (Å²) < 4.78 is 1.68. The molecule has 0 radical (unpaired) electrons. The molecule has 0 amide bonds. The standard InChI is InChI=1S/C8H10N2O2/c11-7(12)8(2-3-8)6-10-5-1-4-9-10/h1,4-5H,2-3,6H2,(H,11,12). The highest BCUT2D eigenvalue weighted by molar-refractivity contribution is 5.77. The Bertz CT molecular complexity index is 288. The number of nitrogens with zero attached hydrogens (tertiary/aromatic N) is 2. The van der Waals surface area contributed by atoms with Crippen LogP contribution in [0.1, 0.15) is 12.8 Å². The van der Waals surface area contributed by atoms with Crippen LogP contribution in [0.5, 0.6) is 0 Å². The van der Waals surface area contributed by atoms with E-state index in [2.05, 4.69) is 5.10 Å². The number of aliphatic carboxylic acids is 1. The van der Waals surface area contributed by atoms with Crippen molar-refractivity contribution in [2.24, 2.45) is 5.41 Å². The molecule has 1 fully saturated rings. The smallest absolute Gasteiger partial charge is 0.311 e. The van der Waals surface area contributed by atoms with E-state index >= 15 is 0 Å². The molecule has 4 heteroatoms. The molecule has 0 aromatic carbocycles. The minimum Gasteiger partial charge on any atom is -0.481 e. The average Bonchev–Trinajstić information content (AvgIpc) is 2.60. The summed E-state index contributed by atoms with van der Waals surface area (Å²) in [4.78, 5) is 10.8. The number of carboxylic acid groups (broad SMARTS) is 1. The van der Waals surface area contributed by atoms with Crippen LogP contribution < -0.4 is 0 Å². The van der Waals surface area contributed by atoms with Crippen molar-refractivity contribution in [2.75, 3.05) is 0 Å². The van der Waals surface area contributed by atoms with Crippen molar-refractivity contribution in [3.8, 4) is 0 Å². The zero-order valence-corrected chi connectivity index (χ0v) is 6.60. The fraction of sp³-hybridized carbons (Fsp3) is 0.500. The molecular formula is C8H10N2O2. The largest absolute Gasteiger partial charge is 0.481 e. The highest BCUT2D eigenvalue weighted by Gasteiger charge is 2.50. The number of rotatable bonds is 3. The van der Waals surface area contributed by atoms with Gasteiger partial charge in [-0.2, -0.15) is 5.10 Å². The van der Waals surface area contributed by atoms with E-state index in [1.54, 1.807) is 23.1 Å². The first-order valence-electron chi connectivity index (χ1n) is 3.94. The maximum Gasteiger partial charge on any atom is 0.311 e. The van der Waals surface area contributed by atoms with Crippen molar-refractivity contribution in [3.63, 3.8) is 0 Å². The summed E-state index contributed by atoms with van der Waals surface area (Å²) in [5.41, 5.74) is -0.508. The third-order valence-electron chi connectivity index (χ3n) is 2.33. The summed E-state index contributed by atoms with van der Waals surface area (Å²) in [6.45, 7) is 0.509. The summed E-state index contributed by atoms with van der Waals surface area (Å²) in [6.07, 6.45) is 5.02. The molecule has 1 aromatic heterocycles. The summed E-state index contributed by atoms with van der Waals surface area (Å²) in [7, 11) is 0. The van der Waals surface area contributed by atoms with Gasteiger partial charge < -0.3 is 5.11 Å². The first-order chi connectivity index (χ1) is 5.73. The van der Waals surface area contributed by atoms with Crippen molar-refractivity contribution < 1.29 is 9.90 Å². The van der Waals surface area contributed by atoms with Crippen LogP contribution in [-0.4, -0.2) is 20.9 Å². The second-order valence-electron chi connectivity index (χ2n) is 3.29. The Morgan fingerprint density at radius 1 is 1.67 bits per heavy atom. The van der Waals surface area contributed by atoms with E-state index in [-0.39, 0.29) is 0 Å². The summed E-state index contributed by atoms with van der Waals surface area (Å²) in [6, 6.07) is 1.80. The fourth-order valence-corrected chi connectivity index (χ4v) is 1.29. The molecule has 64 valence electrons. The Morgan fingerprint density at radius 2 is 2.42 bits per heavy atom. The van der Waals surface area contributed by atoms with Crippen molar-refractivity contribution in [1.29, 1.82) is 0 Å². The van der Waals surface area contributed by atoms with Crippen LogP contribution in [0.25, 0.3) is 0 Å². The van der Waals surface area contributed by atoms with E-state index in [9.17, 15) is 4.79 Å². The second kappa shape index (κ2) is 2.33. The quantitative estimate of drug-likeness (QED) is 0.720. The third kappa shape index (κ3) is 1.09. The van der Waals surface area contributed by atoms with Gasteiger partial charge in [0.1, 0.15) is 0 Å². The topological polar surface area (TPSA) is 55.1 Å².